The number of aryl methyl sites for hydroxylation is 1. The van der Waals surface area contributed by atoms with Gasteiger partial charge in [0.1, 0.15) is 0 Å². The van der Waals surface area contributed by atoms with Crippen LogP contribution in [0.2, 0.25) is 0 Å². The Kier molecular flexibility index (Phi) is 3.96. The fourth-order valence-corrected chi connectivity index (χ4v) is 3.08. The van der Waals surface area contributed by atoms with Crippen LogP contribution in [0.4, 0.5) is 0 Å². The number of sulfone groups is 1. The lowest BCUT2D eigenvalue weighted by molar-refractivity contribution is 0.581. The van der Waals surface area contributed by atoms with Crippen molar-refractivity contribution in [1.29, 1.82) is 0 Å². The monoisotopic (exact) mass is 280 g/mol. The lowest BCUT2D eigenvalue weighted by Gasteiger charge is -2.11. The Hall–Kier alpha value is -1.33. The molecule has 0 fully saturated rings. The Morgan fingerprint density at radius 1 is 1.26 bits per heavy atom. The molecule has 104 valence electrons. The molecule has 2 aromatic rings. The molecule has 5 heteroatoms. The van der Waals surface area contributed by atoms with E-state index in [4.69, 9.17) is 5.73 Å². The third-order valence-corrected chi connectivity index (χ3v) is 5.61. The minimum absolute atomic E-state index is 0.160. The summed E-state index contributed by atoms with van der Waals surface area (Å²) < 4.78 is 25.7. The zero-order valence-electron chi connectivity index (χ0n) is 11.3. The van der Waals surface area contributed by atoms with Crippen molar-refractivity contribution in [1.82, 2.24) is 4.57 Å². The van der Waals surface area contributed by atoms with E-state index in [2.05, 4.69) is 0 Å². The standard InChI is InChI=1S/C14H20N2O2S/c1-11(2)19(17,18)9-8-16-7-6-12-4-3-5-13(10-15)14(12)16/h3-7,11H,8-10,15H2,1-2H3. The largest absolute Gasteiger partial charge is 0.346 e. The Bertz CT molecular complexity index is 672. The van der Waals surface area contributed by atoms with E-state index >= 15 is 0 Å². The maximum atomic E-state index is 11.9. The lowest BCUT2D eigenvalue weighted by atomic mass is 10.1. The van der Waals surface area contributed by atoms with Gasteiger partial charge < -0.3 is 10.3 Å². The summed E-state index contributed by atoms with van der Waals surface area (Å²) in [5.74, 6) is 0.160. The molecule has 19 heavy (non-hydrogen) atoms. The van der Waals surface area contributed by atoms with Gasteiger partial charge in [-0.2, -0.15) is 0 Å². The van der Waals surface area contributed by atoms with Crippen LogP contribution < -0.4 is 5.73 Å². The highest BCUT2D eigenvalue weighted by atomic mass is 32.2. The van der Waals surface area contributed by atoms with E-state index < -0.39 is 9.84 Å². The minimum Gasteiger partial charge on any atom is -0.346 e. The number of para-hydroxylation sites is 1. The van der Waals surface area contributed by atoms with Crippen LogP contribution in [0.25, 0.3) is 10.9 Å². The molecule has 0 saturated carbocycles. The number of nitrogens with two attached hydrogens (primary N) is 1. The van der Waals surface area contributed by atoms with Gasteiger partial charge in [-0.1, -0.05) is 18.2 Å². The van der Waals surface area contributed by atoms with Crippen LogP contribution in [0.15, 0.2) is 30.5 Å². The number of rotatable bonds is 5. The predicted molar refractivity (Wildman–Crippen MR) is 78.8 cm³/mol. The first-order valence-corrected chi connectivity index (χ1v) is 8.15. The molecule has 0 bridgehead atoms. The zero-order valence-corrected chi connectivity index (χ0v) is 12.2. The van der Waals surface area contributed by atoms with Crippen molar-refractivity contribution in [3.05, 3.63) is 36.0 Å². The van der Waals surface area contributed by atoms with E-state index in [0.29, 0.717) is 13.1 Å². The van der Waals surface area contributed by atoms with Gasteiger partial charge in [0.15, 0.2) is 9.84 Å². The molecule has 0 atom stereocenters. The van der Waals surface area contributed by atoms with E-state index in [0.717, 1.165) is 16.5 Å². The maximum Gasteiger partial charge on any atom is 0.154 e. The average molecular weight is 280 g/mol. The highest BCUT2D eigenvalue weighted by Gasteiger charge is 2.16. The van der Waals surface area contributed by atoms with E-state index in [1.165, 1.54) is 0 Å². The molecule has 0 aliphatic rings. The van der Waals surface area contributed by atoms with Crippen molar-refractivity contribution in [2.24, 2.45) is 5.73 Å². The molecular weight excluding hydrogens is 260 g/mol. The van der Waals surface area contributed by atoms with Crippen molar-refractivity contribution in [3.8, 4) is 0 Å². The summed E-state index contributed by atoms with van der Waals surface area (Å²) in [5, 5.41) is 0.771. The van der Waals surface area contributed by atoms with Crippen molar-refractivity contribution in [3.63, 3.8) is 0 Å². The summed E-state index contributed by atoms with van der Waals surface area (Å²) in [5.41, 5.74) is 7.83. The summed E-state index contributed by atoms with van der Waals surface area (Å²) >= 11 is 0. The molecule has 4 nitrogen and oxygen atoms in total. The third-order valence-electron chi connectivity index (χ3n) is 3.43. The van der Waals surface area contributed by atoms with Gasteiger partial charge in [0.2, 0.25) is 0 Å². The lowest BCUT2D eigenvalue weighted by Crippen LogP contribution is -2.21. The molecule has 1 heterocycles. The molecule has 0 radical (unpaired) electrons. The number of fused-ring (bicyclic) bond motifs is 1. The summed E-state index contributed by atoms with van der Waals surface area (Å²) in [6.07, 6.45) is 1.93. The summed E-state index contributed by atoms with van der Waals surface area (Å²) in [7, 11) is -3.01. The van der Waals surface area contributed by atoms with Gasteiger partial charge in [0.05, 0.1) is 16.5 Å². The van der Waals surface area contributed by atoms with Crippen LogP contribution in [0, 0.1) is 0 Å². The molecular formula is C14H20N2O2S. The minimum atomic E-state index is -3.01. The Morgan fingerprint density at radius 2 is 2.00 bits per heavy atom. The van der Waals surface area contributed by atoms with Gasteiger partial charge in [-0.25, -0.2) is 8.42 Å². The molecule has 0 unspecified atom stereocenters. The summed E-state index contributed by atoms with van der Waals surface area (Å²) in [4.78, 5) is 0. The van der Waals surface area contributed by atoms with Gasteiger partial charge in [-0.05, 0) is 30.9 Å². The fraction of sp³-hybridized carbons (Fsp3) is 0.429. The Morgan fingerprint density at radius 3 is 2.63 bits per heavy atom. The Balaban J connectivity index is 2.32. The second kappa shape index (κ2) is 5.35. The first-order valence-electron chi connectivity index (χ1n) is 6.44. The van der Waals surface area contributed by atoms with Crippen molar-refractivity contribution < 1.29 is 8.42 Å². The quantitative estimate of drug-likeness (QED) is 0.910. The van der Waals surface area contributed by atoms with Crippen LogP contribution >= 0.6 is 0 Å². The van der Waals surface area contributed by atoms with Crippen LogP contribution in [0.5, 0.6) is 0 Å². The summed E-state index contributed by atoms with van der Waals surface area (Å²) in [6, 6.07) is 7.97. The van der Waals surface area contributed by atoms with Gasteiger partial charge in [0.25, 0.3) is 0 Å². The highest BCUT2D eigenvalue weighted by molar-refractivity contribution is 7.91. The second-order valence-electron chi connectivity index (χ2n) is 4.98. The van der Waals surface area contributed by atoms with Crippen molar-refractivity contribution in [2.75, 3.05) is 5.75 Å². The summed E-state index contributed by atoms with van der Waals surface area (Å²) in [6.45, 7) is 4.36. The third kappa shape index (κ3) is 2.82. The molecule has 1 aromatic carbocycles. The van der Waals surface area contributed by atoms with E-state index in [1.54, 1.807) is 13.8 Å². The molecule has 0 saturated heterocycles. The average Bonchev–Trinajstić information content (AvgIpc) is 2.79. The highest BCUT2D eigenvalue weighted by Crippen LogP contribution is 2.20. The van der Waals surface area contributed by atoms with E-state index in [-0.39, 0.29) is 11.0 Å². The fourth-order valence-electron chi connectivity index (χ4n) is 2.15. The molecule has 2 N–H and O–H groups in total. The number of aromatic nitrogens is 1. The number of nitrogens with zero attached hydrogens (tertiary/aromatic N) is 1. The van der Waals surface area contributed by atoms with Gasteiger partial charge in [-0.15, -0.1) is 0 Å². The van der Waals surface area contributed by atoms with Gasteiger partial charge >= 0.3 is 0 Å². The molecule has 0 aliphatic heterocycles. The van der Waals surface area contributed by atoms with E-state index in [9.17, 15) is 8.42 Å². The first-order chi connectivity index (χ1) is 8.95. The Labute approximate surface area is 114 Å². The normalized spacial score (nSPS) is 12.4. The smallest absolute Gasteiger partial charge is 0.154 e. The molecule has 1 aromatic heterocycles. The SMILES string of the molecule is CC(C)S(=O)(=O)CCn1ccc2cccc(CN)c21. The van der Waals surface area contributed by atoms with Crippen molar-refractivity contribution in [2.45, 2.75) is 32.2 Å². The van der Waals surface area contributed by atoms with Crippen LogP contribution in [-0.2, 0) is 22.9 Å². The first kappa shape index (κ1) is 14.1. The predicted octanol–water partition coefficient (Wildman–Crippen LogP) is 1.92. The number of hydrogen-bond acceptors (Lipinski definition) is 3. The van der Waals surface area contributed by atoms with Crippen LogP contribution in [-0.4, -0.2) is 24.0 Å². The number of benzene rings is 1. The maximum absolute atomic E-state index is 11.9. The van der Waals surface area contributed by atoms with Crippen LogP contribution in [0.3, 0.4) is 0 Å². The molecule has 2 rings (SSSR count). The molecule has 0 spiro atoms. The zero-order chi connectivity index (χ0) is 14.0. The topological polar surface area (TPSA) is 65.1 Å². The number of hydrogen-bond donors (Lipinski definition) is 1. The molecule has 0 amide bonds. The van der Waals surface area contributed by atoms with Gasteiger partial charge in [-0.3, -0.25) is 0 Å². The van der Waals surface area contributed by atoms with Crippen molar-refractivity contribution >= 4 is 20.7 Å². The van der Waals surface area contributed by atoms with Crippen LogP contribution in [0.1, 0.15) is 19.4 Å². The second-order valence-corrected chi connectivity index (χ2v) is 7.66. The van der Waals surface area contributed by atoms with E-state index in [1.807, 2.05) is 35.0 Å². The van der Waals surface area contributed by atoms with Gasteiger partial charge in [0, 0.05) is 19.3 Å². The molecule has 0 aliphatic carbocycles.